The van der Waals surface area contributed by atoms with Crippen LogP contribution in [0.25, 0.3) is 0 Å². The van der Waals surface area contributed by atoms with Crippen LogP contribution in [0.1, 0.15) is 38.3 Å². The van der Waals surface area contributed by atoms with E-state index in [0.717, 1.165) is 11.1 Å². The number of hydrogen-bond donors (Lipinski definition) is 1. The lowest BCUT2D eigenvalue weighted by Crippen LogP contribution is -2.52. The summed E-state index contributed by atoms with van der Waals surface area (Å²) in [6.07, 6.45) is 0.720. The Balaban J connectivity index is 2.29. The number of nitrogens with zero attached hydrogens (tertiary/aromatic N) is 1. The molecule has 0 unspecified atom stereocenters. The maximum Gasteiger partial charge on any atom is 0.410 e. The number of aliphatic hydroxyl groups excluding tert-OH is 1. The van der Waals surface area contributed by atoms with Crippen molar-refractivity contribution in [2.45, 2.75) is 70.6 Å². The third kappa shape index (κ3) is 8.14. The molecule has 0 bridgehead atoms. The molecule has 0 aliphatic heterocycles. The maximum atomic E-state index is 13.3. The summed E-state index contributed by atoms with van der Waals surface area (Å²) in [6.45, 7) is 15.3. The Morgan fingerprint density at radius 1 is 1.06 bits per heavy atom. The smallest absolute Gasteiger partial charge is 0.410 e. The highest BCUT2D eigenvalue weighted by molar-refractivity contribution is 6.74. The zero-order valence-corrected chi connectivity index (χ0v) is 21.7. The Kier molecular flexibility index (Phi) is 9.89. The summed E-state index contributed by atoms with van der Waals surface area (Å²) in [7, 11) is -2.10. The second kappa shape index (κ2) is 12.2. The number of hydrogen-bond acceptors (Lipinski definition) is 4. The van der Waals surface area contributed by atoms with Crippen LogP contribution in [0.2, 0.25) is 18.1 Å². The fourth-order valence-electron chi connectivity index (χ4n) is 3.15. The van der Waals surface area contributed by atoms with Gasteiger partial charge in [-0.05, 0) is 35.7 Å². The summed E-state index contributed by atoms with van der Waals surface area (Å²) in [5.41, 5.74) is 1.86. The molecule has 2 aromatic rings. The Bertz CT molecular complexity index is 865. The minimum Gasteiger partial charge on any atom is -0.445 e. The number of carbonyl (C=O) groups is 1. The molecule has 0 aromatic heterocycles. The first-order valence-electron chi connectivity index (χ1n) is 11.5. The molecule has 180 valence electrons. The molecule has 1 amide bonds. The largest absolute Gasteiger partial charge is 0.445 e. The first-order chi connectivity index (χ1) is 15.5. The van der Waals surface area contributed by atoms with Crippen LogP contribution < -0.4 is 0 Å². The van der Waals surface area contributed by atoms with E-state index in [1.807, 2.05) is 60.7 Å². The molecule has 2 atom stereocenters. The number of amides is 1. The Labute approximate surface area is 200 Å². The second-order valence-electron chi connectivity index (χ2n) is 9.88. The molecule has 2 rings (SSSR count). The topological polar surface area (TPSA) is 59.0 Å². The summed E-state index contributed by atoms with van der Waals surface area (Å²) in [5, 5.41) is 11.0. The molecule has 5 nitrogen and oxygen atoms in total. The molecule has 0 saturated carbocycles. The molecule has 1 N–H and O–H groups in total. The average Bonchev–Trinajstić information content (AvgIpc) is 2.77. The van der Waals surface area contributed by atoms with E-state index in [2.05, 4.69) is 40.4 Å². The minimum absolute atomic E-state index is 0.0129. The van der Waals surface area contributed by atoms with Gasteiger partial charge in [0.1, 0.15) is 6.61 Å². The van der Waals surface area contributed by atoms with Crippen LogP contribution in [0.3, 0.4) is 0 Å². The van der Waals surface area contributed by atoms with Crippen LogP contribution in [-0.4, -0.2) is 43.2 Å². The van der Waals surface area contributed by atoms with Crippen LogP contribution in [-0.2, 0) is 22.3 Å². The van der Waals surface area contributed by atoms with Crippen LogP contribution in [0.15, 0.2) is 73.3 Å². The van der Waals surface area contributed by atoms with Gasteiger partial charge < -0.3 is 14.3 Å². The fraction of sp³-hybridized carbons (Fsp3) is 0.444. The summed E-state index contributed by atoms with van der Waals surface area (Å²) >= 11 is 0. The first kappa shape index (κ1) is 26.8. The summed E-state index contributed by atoms with van der Waals surface area (Å²) in [4.78, 5) is 14.9. The molecule has 0 saturated heterocycles. The van der Waals surface area contributed by atoms with Crippen molar-refractivity contribution in [3.63, 3.8) is 0 Å². The van der Waals surface area contributed by atoms with E-state index in [9.17, 15) is 9.90 Å². The van der Waals surface area contributed by atoms with E-state index in [1.54, 1.807) is 11.0 Å². The van der Waals surface area contributed by atoms with E-state index in [-0.39, 0.29) is 18.3 Å². The highest BCUT2D eigenvalue weighted by Gasteiger charge is 2.39. The SMILES string of the molecule is C=CC[C@H](O)[C@@H](CO[Si](C)(C)C(C)(C)C)N(Cc1ccccc1)C(=O)OCc1ccccc1. The second-order valence-corrected chi connectivity index (χ2v) is 14.7. The highest BCUT2D eigenvalue weighted by atomic mass is 28.4. The van der Waals surface area contributed by atoms with E-state index >= 15 is 0 Å². The zero-order valence-electron chi connectivity index (χ0n) is 20.7. The van der Waals surface area contributed by atoms with Gasteiger partial charge in [-0.25, -0.2) is 4.79 Å². The molecule has 0 aliphatic carbocycles. The first-order valence-corrected chi connectivity index (χ1v) is 14.4. The van der Waals surface area contributed by atoms with Gasteiger partial charge in [0.05, 0.1) is 18.8 Å². The summed E-state index contributed by atoms with van der Waals surface area (Å²) in [6, 6.07) is 18.7. The molecule has 33 heavy (non-hydrogen) atoms. The average molecular weight is 470 g/mol. The van der Waals surface area contributed by atoms with Gasteiger partial charge in [-0.15, -0.1) is 6.58 Å². The van der Waals surface area contributed by atoms with Gasteiger partial charge in [-0.3, -0.25) is 4.90 Å². The molecule has 0 radical (unpaired) electrons. The van der Waals surface area contributed by atoms with Gasteiger partial charge in [0.25, 0.3) is 0 Å². The normalized spacial score (nSPS) is 13.8. The lowest BCUT2D eigenvalue weighted by atomic mass is 10.1. The van der Waals surface area contributed by atoms with Crippen molar-refractivity contribution in [3.05, 3.63) is 84.4 Å². The zero-order chi connectivity index (χ0) is 24.5. The molecule has 0 aliphatic rings. The van der Waals surface area contributed by atoms with Crippen molar-refractivity contribution in [1.29, 1.82) is 0 Å². The molecule has 0 heterocycles. The predicted molar refractivity (Wildman–Crippen MR) is 136 cm³/mol. The number of benzene rings is 2. The highest BCUT2D eigenvalue weighted by Crippen LogP contribution is 2.37. The van der Waals surface area contributed by atoms with E-state index in [0.29, 0.717) is 13.0 Å². The van der Waals surface area contributed by atoms with Crippen molar-refractivity contribution in [1.82, 2.24) is 4.90 Å². The van der Waals surface area contributed by atoms with Crippen LogP contribution in [0.5, 0.6) is 0 Å². The van der Waals surface area contributed by atoms with Crippen LogP contribution in [0, 0.1) is 0 Å². The van der Waals surface area contributed by atoms with Gasteiger partial charge in [0.15, 0.2) is 8.32 Å². The van der Waals surface area contributed by atoms with Crippen LogP contribution >= 0.6 is 0 Å². The van der Waals surface area contributed by atoms with Crippen LogP contribution in [0.4, 0.5) is 4.79 Å². The standard InChI is InChI=1S/C27H39NO4Si/c1-7-14-25(29)24(21-32-33(5,6)27(2,3)4)28(19-22-15-10-8-11-16-22)26(30)31-20-23-17-12-9-13-18-23/h7-13,15-18,24-25,29H,1,14,19-21H2,2-6H3/t24-,25+/m1/s1. The Morgan fingerprint density at radius 3 is 2.12 bits per heavy atom. The number of aliphatic hydroxyl groups is 1. The van der Waals surface area contributed by atoms with Crippen molar-refractivity contribution in [2.75, 3.05) is 6.61 Å². The third-order valence-electron chi connectivity index (χ3n) is 6.31. The molecule has 2 aromatic carbocycles. The monoisotopic (exact) mass is 469 g/mol. The van der Waals surface area contributed by atoms with Gasteiger partial charge in [0.2, 0.25) is 0 Å². The van der Waals surface area contributed by atoms with E-state index < -0.39 is 26.6 Å². The minimum atomic E-state index is -2.10. The van der Waals surface area contributed by atoms with Gasteiger partial charge in [0, 0.05) is 6.54 Å². The molecule has 6 heteroatoms. The molecule has 0 spiro atoms. The molecule has 0 fully saturated rings. The van der Waals surface area contributed by atoms with Crippen molar-refractivity contribution in [2.24, 2.45) is 0 Å². The van der Waals surface area contributed by atoms with Crippen molar-refractivity contribution >= 4 is 14.4 Å². The van der Waals surface area contributed by atoms with Gasteiger partial charge in [-0.2, -0.15) is 0 Å². The fourth-order valence-corrected chi connectivity index (χ4v) is 4.17. The molecular weight excluding hydrogens is 430 g/mol. The van der Waals surface area contributed by atoms with Gasteiger partial charge >= 0.3 is 6.09 Å². The Hall–Kier alpha value is -2.41. The van der Waals surface area contributed by atoms with E-state index in [1.165, 1.54) is 0 Å². The molecular formula is C27H39NO4Si. The third-order valence-corrected chi connectivity index (χ3v) is 10.8. The predicted octanol–water partition coefficient (Wildman–Crippen LogP) is 6.15. The van der Waals surface area contributed by atoms with E-state index in [4.69, 9.17) is 9.16 Å². The lowest BCUT2D eigenvalue weighted by molar-refractivity contribution is 0.00738. The lowest BCUT2D eigenvalue weighted by Gasteiger charge is -2.40. The summed E-state index contributed by atoms with van der Waals surface area (Å²) < 4.78 is 12.1. The maximum absolute atomic E-state index is 13.3. The number of carbonyl (C=O) groups excluding carboxylic acids is 1. The van der Waals surface area contributed by atoms with Crippen molar-refractivity contribution in [3.8, 4) is 0 Å². The summed E-state index contributed by atoms with van der Waals surface area (Å²) in [5.74, 6) is 0. The Morgan fingerprint density at radius 2 is 1.61 bits per heavy atom. The number of ether oxygens (including phenoxy) is 1. The van der Waals surface area contributed by atoms with Crippen molar-refractivity contribution < 1.29 is 19.1 Å². The van der Waals surface area contributed by atoms with Gasteiger partial charge in [-0.1, -0.05) is 87.5 Å². The number of rotatable bonds is 11. The quantitative estimate of drug-likeness (QED) is 0.317.